The number of nitriles is 1. The van der Waals surface area contributed by atoms with Gasteiger partial charge >= 0.3 is 6.61 Å². The molecule has 1 aromatic rings. The summed E-state index contributed by atoms with van der Waals surface area (Å²) in [5, 5.41) is 8.28. The minimum absolute atomic E-state index is 0.0585. The summed E-state index contributed by atoms with van der Waals surface area (Å²) in [5.74, 6) is -1.29. The molecule has 1 aromatic heterocycles. The van der Waals surface area contributed by atoms with Gasteiger partial charge in [-0.15, -0.1) is 0 Å². The summed E-state index contributed by atoms with van der Waals surface area (Å²) in [4.78, 5) is 3.32. The molecule has 0 aliphatic rings. The Morgan fingerprint density at radius 3 is 2.79 bits per heavy atom. The lowest BCUT2D eigenvalue weighted by atomic mass is 10.3. The molecule has 0 radical (unpaired) electrons. The van der Waals surface area contributed by atoms with E-state index >= 15 is 0 Å². The summed E-state index contributed by atoms with van der Waals surface area (Å²) in [7, 11) is 0. The van der Waals surface area contributed by atoms with Gasteiger partial charge in [-0.25, -0.2) is 4.98 Å². The Morgan fingerprint density at radius 1 is 1.50 bits per heavy atom. The molecule has 0 aliphatic carbocycles. The zero-order valence-electron chi connectivity index (χ0n) is 6.88. The third-order valence-electron chi connectivity index (χ3n) is 1.31. The fourth-order valence-corrected chi connectivity index (χ4v) is 0.867. The molecule has 0 spiro atoms. The van der Waals surface area contributed by atoms with Crippen molar-refractivity contribution in [2.24, 2.45) is 0 Å². The number of hydrogen-bond acceptors (Lipinski definition) is 3. The predicted molar refractivity (Wildman–Crippen MR) is 40.1 cm³/mol. The van der Waals surface area contributed by atoms with Gasteiger partial charge in [-0.05, 0) is 0 Å². The first-order chi connectivity index (χ1) is 6.61. The fourth-order valence-electron chi connectivity index (χ4n) is 0.867. The molecule has 0 bridgehead atoms. The maximum absolute atomic E-state index is 12.7. The highest BCUT2D eigenvalue weighted by molar-refractivity contribution is 5.24. The Morgan fingerprint density at radius 2 is 2.21 bits per heavy atom. The second-order valence-electron chi connectivity index (χ2n) is 2.33. The summed E-state index contributed by atoms with van der Waals surface area (Å²) in [5.41, 5.74) is 0.0585. The van der Waals surface area contributed by atoms with E-state index in [4.69, 9.17) is 5.26 Å². The summed E-state index contributed by atoms with van der Waals surface area (Å²) in [6.07, 6.45) is -0.155. The van der Waals surface area contributed by atoms with Crippen LogP contribution in [0.4, 0.5) is 13.2 Å². The largest absolute Gasteiger partial charge is 0.435 e. The lowest BCUT2D eigenvalue weighted by Crippen LogP contribution is -2.03. The number of rotatable bonds is 3. The van der Waals surface area contributed by atoms with Crippen molar-refractivity contribution in [1.29, 1.82) is 5.26 Å². The van der Waals surface area contributed by atoms with Crippen molar-refractivity contribution in [2.45, 2.75) is 13.0 Å². The van der Waals surface area contributed by atoms with Crippen LogP contribution in [0.5, 0.6) is 5.75 Å². The molecule has 1 rings (SSSR count). The zero-order valence-corrected chi connectivity index (χ0v) is 6.88. The monoisotopic (exact) mass is 202 g/mol. The minimum atomic E-state index is -3.02. The topological polar surface area (TPSA) is 45.9 Å². The molecule has 0 N–H and O–H groups in total. The normalized spacial score (nSPS) is 9.93. The molecule has 3 nitrogen and oxygen atoms in total. The molecular weight excluding hydrogens is 197 g/mol. The van der Waals surface area contributed by atoms with Gasteiger partial charge in [0.2, 0.25) is 5.95 Å². The van der Waals surface area contributed by atoms with Crippen molar-refractivity contribution in [3.05, 3.63) is 23.8 Å². The average Bonchev–Trinajstić information content (AvgIpc) is 2.01. The number of hydrogen-bond donors (Lipinski definition) is 0. The molecule has 0 saturated heterocycles. The van der Waals surface area contributed by atoms with Crippen molar-refractivity contribution in [3.8, 4) is 11.8 Å². The van der Waals surface area contributed by atoms with Crippen molar-refractivity contribution in [2.75, 3.05) is 0 Å². The lowest BCUT2D eigenvalue weighted by molar-refractivity contribution is -0.0501. The SMILES string of the molecule is N#CCc1cc(OC(F)F)cc(F)n1. The standard InChI is InChI=1S/C8H5F3N2O/c9-7-4-6(14-8(10)11)3-5(13-7)1-2-12/h3-4,8H,1H2. The first kappa shape index (κ1) is 10.3. The van der Waals surface area contributed by atoms with Gasteiger partial charge in [0.1, 0.15) is 5.75 Å². The van der Waals surface area contributed by atoms with Crippen molar-refractivity contribution < 1.29 is 17.9 Å². The predicted octanol–water partition coefficient (Wildman–Crippen LogP) is 1.89. The zero-order chi connectivity index (χ0) is 10.6. The van der Waals surface area contributed by atoms with Crippen LogP contribution in [0, 0.1) is 17.3 Å². The van der Waals surface area contributed by atoms with Crippen LogP contribution < -0.4 is 4.74 Å². The first-order valence-electron chi connectivity index (χ1n) is 3.60. The number of nitrogens with zero attached hydrogens (tertiary/aromatic N) is 2. The molecule has 74 valence electrons. The molecule has 0 fully saturated rings. The first-order valence-corrected chi connectivity index (χ1v) is 3.60. The number of alkyl halides is 2. The van der Waals surface area contributed by atoms with E-state index in [1.807, 2.05) is 0 Å². The summed E-state index contributed by atoms with van der Waals surface area (Å²) >= 11 is 0. The van der Waals surface area contributed by atoms with Crippen LogP contribution in [-0.2, 0) is 6.42 Å². The van der Waals surface area contributed by atoms with Crippen molar-refractivity contribution >= 4 is 0 Å². The molecule has 0 amide bonds. The van der Waals surface area contributed by atoms with E-state index in [0.717, 1.165) is 12.1 Å². The van der Waals surface area contributed by atoms with E-state index < -0.39 is 12.6 Å². The van der Waals surface area contributed by atoms with E-state index in [2.05, 4.69) is 9.72 Å². The van der Waals surface area contributed by atoms with Crippen molar-refractivity contribution in [1.82, 2.24) is 4.98 Å². The molecular formula is C8H5F3N2O. The van der Waals surface area contributed by atoms with Gasteiger partial charge < -0.3 is 4.74 Å². The number of ether oxygens (including phenoxy) is 1. The van der Waals surface area contributed by atoms with Crippen LogP contribution in [0.15, 0.2) is 12.1 Å². The summed E-state index contributed by atoms with van der Waals surface area (Å²) in [6.45, 7) is -3.02. The number of pyridine rings is 1. The second-order valence-corrected chi connectivity index (χ2v) is 2.33. The van der Waals surface area contributed by atoms with E-state index in [0.29, 0.717) is 0 Å². The van der Waals surface area contributed by atoms with Crippen LogP contribution in [0.1, 0.15) is 5.69 Å². The van der Waals surface area contributed by atoms with Gasteiger partial charge in [0, 0.05) is 12.1 Å². The van der Waals surface area contributed by atoms with Gasteiger partial charge in [-0.2, -0.15) is 18.4 Å². The molecule has 0 unspecified atom stereocenters. The van der Waals surface area contributed by atoms with Gasteiger partial charge in [-0.3, -0.25) is 0 Å². The highest BCUT2D eigenvalue weighted by Crippen LogP contribution is 2.16. The highest BCUT2D eigenvalue weighted by atomic mass is 19.3. The Hall–Kier alpha value is -1.77. The van der Waals surface area contributed by atoms with Crippen LogP contribution in [0.3, 0.4) is 0 Å². The molecule has 6 heteroatoms. The van der Waals surface area contributed by atoms with E-state index in [9.17, 15) is 13.2 Å². The Kier molecular flexibility index (Phi) is 3.29. The fraction of sp³-hybridized carbons (Fsp3) is 0.250. The summed E-state index contributed by atoms with van der Waals surface area (Å²) in [6, 6.07) is 3.54. The maximum Gasteiger partial charge on any atom is 0.387 e. The van der Waals surface area contributed by atoms with Crippen LogP contribution >= 0.6 is 0 Å². The molecule has 1 heterocycles. The van der Waals surface area contributed by atoms with Gasteiger partial charge in [0.15, 0.2) is 0 Å². The number of halogens is 3. The third kappa shape index (κ3) is 2.94. The molecule has 0 saturated carbocycles. The van der Waals surface area contributed by atoms with E-state index in [1.165, 1.54) is 0 Å². The number of aromatic nitrogens is 1. The lowest BCUT2D eigenvalue weighted by Gasteiger charge is -2.04. The molecule has 14 heavy (non-hydrogen) atoms. The summed E-state index contributed by atoms with van der Waals surface area (Å²) < 4.78 is 40.1. The van der Waals surface area contributed by atoms with Gasteiger partial charge in [0.05, 0.1) is 18.2 Å². The third-order valence-corrected chi connectivity index (χ3v) is 1.31. The Labute approximate surface area is 77.7 Å². The molecule has 0 aliphatic heterocycles. The van der Waals surface area contributed by atoms with Gasteiger partial charge in [-0.1, -0.05) is 0 Å². The second kappa shape index (κ2) is 4.46. The van der Waals surface area contributed by atoms with Gasteiger partial charge in [0.25, 0.3) is 0 Å². The maximum atomic E-state index is 12.7. The Balaban J connectivity index is 2.90. The van der Waals surface area contributed by atoms with Crippen LogP contribution in [-0.4, -0.2) is 11.6 Å². The van der Waals surface area contributed by atoms with E-state index in [1.54, 1.807) is 6.07 Å². The Bertz CT molecular complexity index is 362. The smallest absolute Gasteiger partial charge is 0.387 e. The molecule has 0 atom stereocenters. The van der Waals surface area contributed by atoms with Crippen LogP contribution in [0.25, 0.3) is 0 Å². The highest BCUT2D eigenvalue weighted by Gasteiger charge is 2.08. The molecule has 0 aromatic carbocycles. The van der Waals surface area contributed by atoms with E-state index in [-0.39, 0.29) is 17.9 Å². The van der Waals surface area contributed by atoms with Crippen LogP contribution in [0.2, 0.25) is 0 Å². The average molecular weight is 202 g/mol. The van der Waals surface area contributed by atoms with Crippen molar-refractivity contribution in [3.63, 3.8) is 0 Å². The quantitative estimate of drug-likeness (QED) is 0.703. The minimum Gasteiger partial charge on any atom is -0.435 e.